The van der Waals surface area contributed by atoms with Crippen LogP contribution < -0.4 is 0 Å². The van der Waals surface area contributed by atoms with Gasteiger partial charge in [0.05, 0.1) is 0 Å². The Morgan fingerprint density at radius 2 is 0.494 bits per heavy atom. The minimum atomic E-state index is -0.773. The second-order valence-corrected chi connectivity index (χ2v) is 23.8. The zero-order valence-electron chi connectivity index (χ0n) is 52.3. The Bertz CT molecular complexity index is 1240. The fourth-order valence-corrected chi connectivity index (χ4v) is 10.7. The standard InChI is InChI=1S/C71H134O6/c1-4-7-10-13-16-19-22-25-27-29-31-32-33-34-35-36-37-38-40-41-43-46-49-52-55-58-61-64-70(73)76-67-68(66-75-69(72)63-60-57-54-51-48-45-24-21-18-15-12-9-6-3)77-71(74)65-62-59-56-53-50-47-44-42-39-30-28-26-23-20-17-14-11-8-5-2/h12,15,21,24,68H,4-11,13-14,16-20,22-23,25-67H2,1-3H3/b15-12-,24-21-. The highest BCUT2D eigenvalue weighted by Gasteiger charge is 2.19. The van der Waals surface area contributed by atoms with Gasteiger partial charge in [0.2, 0.25) is 0 Å². The molecule has 0 aliphatic heterocycles. The Hall–Kier alpha value is -2.11. The number of hydrogen-bond donors (Lipinski definition) is 0. The summed E-state index contributed by atoms with van der Waals surface area (Å²) in [7, 11) is 0. The molecule has 1 unspecified atom stereocenters. The molecule has 0 fully saturated rings. The van der Waals surface area contributed by atoms with Crippen molar-refractivity contribution in [1.82, 2.24) is 0 Å². The van der Waals surface area contributed by atoms with Crippen LogP contribution in [0.15, 0.2) is 24.3 Å². The van der Waals surface area contributed by atoms with Gasteiger partial charge in [0.1, 0.15) is 13.2 Å². The molecule has 0 heterocycles. The van der Waals surface area contributed by atoms with Crippen molar-refractivity contribution >= 4 is 17.9 Å². The number of rotatable bonds is 65. The van der Waals surface area contributed by atoms with Crippen molar-refractivity contribution in [2.75, 3.05) is 13.2 Å². The topological polar surface area (TPSA) is 78.9 Å². The highest BCUT2D eigenvalue weighted by atomic mass is 16.6. The van der Waals surface area contributed by atoms with E-state index in [0.717, 1.165) is 83.5 Å². The molecule has 0 amide bonds. The first kappa shape index (κ1) is 74.9. The zero-order valence-corrected chi connectivity index (χ0v) is 52.3. The molecule has 0 radical (unpaired) electrons. The Morgan fingerprint density at radius 1 is 0.260 bits per heavy atom. The number of allylic oxidation sites excluding steroid dienone is 4. The van der Waals surface area contributed by atoms with Crippen molar-refractivity contribution in [1.29, 1.82) is 0 Å². The molecule has 1 atom stereocenters. The van der Waals surface area contributed by atoms with Gasteiger partial charge < -0.3 is 14.2 Å². The summed E-state index contributed by atoms with van der Waals surface area (Å²) in [6, 6.07) is 0. The molecule has 0 aliphatic carbocycles. The van der Waals surface area contributed by atoms with Gasteiger partial charge in [0.15, 0.2) is 6.10 Å². The van der Waals surface area contributed by atoms with Crippen LogP contribution in [-0.4, -0.2) is 37.2 Å². The maximum atomic E-state index is 12.9. The van der Waals surface area contributed by atoms with E-state index < -0.39 is 6.10 Å². The summed E-state index contributed by atoms with van der Waals surface area (Å²) in [5.74, 6) is -0.853. The van der Waals surface area contributed by atoms with Crippen molar-refractivity contribution in [2.45, 2.75) is 399 Å². The molecule has 0 aromatic rings. The summed E-state index contributed by atoms with van der Waals surface area (Å²) in [6.45, 7) is 6.65. The molecule has 0 N–H and O–H groups in total. The van der Waals surface area contributed by atoms with Gasteiger partial charge in [-0.25, -0.2) is 0 Å². The first-order valence-electron chi connectivity index (χ1n) is 34.8. The molecule has 0 saturated heterocycles. The molecular weight excluding hydrogens is 949 g/mol. The molecule has 0 saturated carbocycles. The fourth-order valence-electron chi connectivity index (χ4n) is 10.7. The maximum absolute atomic E-state index is 12.9. The Labute approximate surface area is 481 Å². The molecule has 0 aliphatic rings. The van der Waals surface area contributed by atoms with Gasteiger partial charge >= 0.3 is 17.9 Å². The second kappa shape index (κ2) is 66.4. The molecule has 6 nitrogen and oxygen atoms in total. The summed E-state index contributed by atoms with van der Waals surface area (Å²) >= 11 is 0. The van der Waals surface area contributed by atoms with Crippen LogP contribution >= 0.6 is 0 Å². The number of esters is 3. The number of ether oxygens (including phenoxy) is 3. The molecule has 77 heavy (non-hydrogen) atoms. The summed E-state index contributed by atoms with van der Waals surface area (Å²) in [4.78, 5) is 38.4. The Kier molecular flexibility index (Phi) is 64.6. The average Bonchev–Trinajstić information content (AvgIpc) is 3.43. The van der Waals surface area contributed by atoms with Crippen LogP contribution in [0.2, 0.25) is 0 Å². The third-order valence-electron chi connectivity index (χ3n) is 15.9. The zero-order chi connectivity index (χ0) is 55.7. The normalized spacial score (nSPS) is 12.1. The summed E-state index contributed by atoms with van der Waals surface area (Å²) in [6.07, 6.45) is 80.7. The van der Waals surface area contributed by atoms with E-state index in [9.17, 15) is 14.4 Å². The maximum Gasteiger partial charge on any atom is 0.306 e. The van der Waals surface area contributed by atoms with Gasteiger partial charge in [-0.2, -0.15) is 0 Å². The first-order valence-corrected chi connectivity index (χ1v) is 34.8. The second-order valence-electron chi connectivity index (χ2n) is 23.8. The number of carbonyl (C=O) groups excluding carboxylic acids is 3. The summed E-state index contributed by atoms with van der Waals surface area (Å²) < 4.78 is 17.0. The number of hydrogen-bond acceptors (Lipinski definition) is 6. The number of carbonyl (C=O) groups is 3. The highest BCUT2D eigenvalue weighted by molar-refractivity contribution is 5.71. The third kappa shape index (κ3) is 64.6. The third-order valence-corrected chi connectivity index (χ3v) is 15.9. The monoisotopic (exact) mass is 1080 g/mol. The van der Waals surface area contributed by atoms with Crippen molar-refractivity contribution in [3.8, 4) is 0 Å². The van der Waals surface area contributed by atoms with Crippen molar-refractivity contribution in [2.24, 2.45) is 0 Å². The van der Waals surface area contributed by atoms with Gasteiger partial charge in [0.25, 0.3) is 0 Å². The van der Waals surface area contributed by atoms with Crippen LogP contribution in [0.4, 0.5) is 0 Å². The van der Waals surface area contributed by atoms with Gasteiger partial charge in [-0.05, 0) is 44.9 Å². The van der Waals surface area contributed by atoms with Crippen LogP contribution in [0.5, 0.6) is 0 Å². The molecule has 0 aromatic carbocycles. The van der Waals surface area contributed by atoms with Gasteiger partial charge in [-0.15, -0.1) is 0 Å². The quantitative estimate of drug-likeness (QED) is 0.0261. The highest BCUT2D eigenvalue weighted by Crippen LogP contribution is 2.19. The lowest BCUT2D eigenvalue weighted by Crippen LogP contribution is -2.30. The van der Waals surface area contributed by atoms with E-state index in [1.54, 1.807) is 0 Å². The minimum Gasteiger partial charge on any atom is -0.462 e. The van der Waals surface area contributed by atoms with E-state index in [-0.39, 0.29) is 31.1 Å². The molecular formula is C71H134O6. The van der Waals surface area contributed by atoms with Gasteiger partial charge in [-0.3, -0.25) is 14.4 Å². The SMILES string of the molecule is CCC/C=C\C/C=C\CCCCCCCC(=O)OCC(COC(=O)CCCCCCCCCCCCCCCCCCCCCCCCCCCCC)OC(=O)CCCCCCCCCCCCCCCCCCCCC. The number of unbranched alkanes of at least 4 members (excludes halogenated alkanes) is 50. The van der Waals surface area contributed by atoms with Gasteiger partial charge in [0, 0.05) is 19.3 Å². The first-order chi connectivity index (χ1) is 38.0. The van der Waals surface area contributed by atoms with Crippen LogP contribution in [0.3, 0.4) is 0 Å². The molecule has 0 aromatic heterocycles. The lowest BCUT2D eigenvalue weighted by Gasteiger charge is -2.18. The molecule has 6 heteroatoms. The van der Waals surface area contributed by atoms with E-state index >= 15 is 0 Å². The average molecular weight is 1080 g/mol. The van der Waals surface area contributed by atoms with Crippen molar-refractivity contribution in [3.05, 3.63) is 24.3 Å². The largest absolute Gasteiger partial charge is 0.462 e. The van der Waals surface area contributed by atoms with E-state index in [1.165, 1.54) is 270 Å². The van der Waals surface area contributed by atoms with Crippen LogP contribution in [0, 0.1) is 0 Å². The van der Waals surface area contributed by atoms with E-state index in [4.69, 9.17) is 14.2 Å². The summed E-state index contributed by atoms with van der Waals surface area (Å²) in [5.41, 5.74) is 0. The Balaban J connectivity index is 4.18. The van der Waals surface area contributed by atoms with Crippen molar-refractivity contribution in [3.63, 3.8) is 0 Å². The van der Waals surface area contributed by atoms with Crippen LogP contribution in [-0.2, 0) is 28.6 Å². The van der Waals surface area contributed by atoms with E-state index in [0.29, 0.717) is 19.3 Å². The molecule has 454 valence electrons. The van der Waals surface area contributed by atoms with Gasteiger partial charge in [-0.1, -0.05) is 353 Å². The molecule has 0 rings (SSSR count). The predicted molar refractivity (Wildman–Crippen MR) is 335 cm³/mol. The lowest BCUT2D eigenvalue weighted by molar-refractivity contribution is -0.167. The van der Waals surface area contributed by atoms with Crippen LogP contribution in [0.25, 0.3) is 0 Å². The smallest absolute Gasteiger partial charge is 0.306 e. The van der Waals surface area contributed by atoms with Crippen molar-refractivity contribution < 1.29 is 28.6 Å². The fraction of sp³-hybridized carbons (Fsp3) is 0.901. The minimum absolute atomic E-state index is 0.0694. The lowest BCUT2D eigenvalue weighted by atomic mass is 10.0. The van der Waals surface area contributed by atoms with E-state index in [2.05, 4.69) is 45.1 Å². The molecule has 0 bridgehead atoms. The predicted octanol–water partition coefficient (Wildman–Crippen LogP) is 23.8. The molecule has 0 spiro atoms. The summed E-state index contributed by atoms with van der Waals surface area (Å²) in [5, 5.41) is 0. The van der Waals surface area contributed by atoms with Crippen LogP contribution in [0.1, 0.15) is 393 Å². The van der Waals surface area contributed by atoms with E-state index in [1.807, 2.05) is 0 Å². The Morgan fingerprint density at radius 3 is 0.766 bits per heavy atom.